The van der Waals surface area contributed by atoms with Crippen LogP contribution in [0.1, 0.15) is 11.9 Å². The van der Waals surface area contributed by atoms with Crippen molar-refractivity contribution in [3.05, 3.63) is 83.9 Å². The number of allylic oxidation sites excluding steroid dienone is 1. The molecule has 1 aliphatic rings. The molecule has 0 unspecified atom stereocenters. The van der Waals surface area contributed by atoms with E-state index in [9.17, 15) is 9.18 Å². The molecular formula is C24H21FN3OS3+. The highest BCUT2D eigenvalue weighted by atomic mass is 32.2. The van der Waals surface area contributed by atoms with Crippen LogP contribution >= 0.6 is 34.4 Å². The monoisotopic (exact) mass is 482 g/mol. The van der Waals surface area contributed by atoms with E-state index in [1.54, 1.807) is 39.8 Å². The Morgan fingerprint density at radius 2 is 1.94 bits per heavy atom. The van der Waals surface area contributed by atoms with Crippen molar-refractivity contribution in [1.82, 2.24) is 4.57 Å². The van der Waals surface area contributed by atoms with Gasteiger partial charge in [-0.05, 0) is 43.3 Å². The van der Waals surface area contributed by atoms with E-state index in [1.165, 1.54) is 28.0 Å². The number of benzene rings is 2. The van der Waals surface area contributed by atoms with Crippen LogP contribution in [0.2, 0.25) is 0 Å². The molecule has 5 rings (SSSR count). The number of rotatable bonds is 3. The second-order valence-corrected chi connectivity index (χ2v) is 10.6. The van der Waals surface area contributed by atoms with Crippen molar-refractivity contribution < 1.29 is 8.96 Å². The van der Waals surface area contributed by atoms with Gasteiger partial charge in [0.1, 0.15) is 22.2 Å². The first-order chi connectivity index (χ1) is 15.5. The van der Waals surface area contributed by atoms with E-state index < -0.39 is 0 Å². The standard InChI is InChI=1S/C24H21FN3OS3/c1-4-28-23(14-22-27(3)17-13-15(25)9-10-19(17)31-22)32-20(24(28)29)11-12-21-26(2)16-7-5-6-8-18(16)30-21/h5-14H,4H2,1-3H3/q+1/b20-11+,21-12+. The molecule has 1 aliphatic heterocycles. The van der Waals surface area contributed by atoms with Crippen LogP contribution in [0.25, 0.3) is 22.4 Å². The maximum absolute atomic E-state index is 13.7. The van der Waals surface area contributed by atoms with Crippen LogP contribution in [0, 0.1) is 5.82 Å². The summed E-state index contributed by atoms with van der Waals surface area (Å²) >= 11 is 4.78. The van der Waals surface area contributed by atoms with Gasteiger partial charge in [0.2, 0.25) is 5.52 Å². The fraction of sp³-hybridized carbons (Fsp3) is 0.167. The molecule has 0 N–H and O–H groups in total. The quantitative estimate of drug-likeness (QED) is 0.416. The van der Waals surface area contributed by atoms with Crippen molar-refractivity contribution >= 4 is 62.5 Å². The Hall–Kier alpha value is -2.68. The fourth-order valence-electron chi connectivity index (χ4n) is 3.74. The summed E-state index contributed by atoms with van der Waals surface area (Å²) in [7, 11) is 3.97. The summed E-state index contributed by atoms with van der Waals surface area (Å²) < 4.78 is 20.0. The molecule has 0 radical (unpaired) electrons. The van der Waals surface area contributed by atoms with Gasteiger partial charge in [-0.25, -0.2) is 4.39 Å². The zero-order valence-electron chi connectivity index (χ0n) is 17.8. The van der Waals surface area contributed by atoms with E-state index in [1.807, 2.05) is 55.9 Å². The highest BCUT2D eigenvalue weighted by Gasteiger charge is 2.20. The number of nitrogens with zero attached hydrogens (tertiary/aromatic N) is 3. The van der Waals surface area contributed by atoms with Gasteiger partial charge in [-0.2, -0.15) is 4.57 Å². The van der Waals surface area contributed by atoms with Crippen LogP contribution in [0.5, 0.6) is 0 Å². The SMILES string of the molecule is CCn1c(=O)/c(=C\C=C2\Sc3ccccc3N2C)s/c1=C/c1sc2ccc(F)cc2[n+]1C. The second-order valence-electron chi connectivity index (χ2n) is 7.41. The summed E-state index contributed by atoms with van der Waals surface area (Å²) in [6.45, 7) is 2.57. The summed E-state index contributed by atoms with van der Waals surface area (Å²) in [5, 5.41) is 2.06. The molecule has 4 nitrogen and oxygen atoms in total. The highest BCUT2D eigenvalue weighted by molar-refractivity contribution is 8.03. The van der Waals surface area contributed by atoms with Gasteiger partial charge in [0.25, 0.3) is 10.6 Å². The molecule has 2 aromatic carbocycles. The van der Waals surface area contributed by atoms with Gasteiger partial charge in [0.15, 0.2) is 0 Å². The van der Waals surface area contributed by atoms with Crippen LogP contribution in [0.4, 0.5) is 10.1 Å². The normalized spacial score (nSPS) is 16.0. The van der Waals surface area contributed by atoms with Gasteiger partial charge in [0, 0.05) is 24.6 Å². The zero-order valence-corrected chi connectivity index (χ0v) is 20.3. The summed E-state index contributed by atoms with van der Waals surface area (Å²) in [5.41, 5.74) is 2.04. The van der Waals surface area contributed by atoms with Crippen molar-refractivity contribution in [3.63, 3.8) is 0 Å². The first-order valence-electron chi connectivity index (χ1n) is 10.2. The van der Waals surface area contributed by atoms with Gasteiger partial charge < -0.3 is 4.90 Å². The summed E-state index contributed by atoms with van der Waals surface area (Å²) in [6, 6.07) is 13.1. The van der Waals surface area contributed by atoms with Gasteiger partial charge in [-0.15, -0.1) is 11.3 Å². The Bertz CT molecular complexity index is 1560. The van der Waals surface area contributed by atoms with E-state index >= 15 is 0 Å². The van der Waals surface area contributed by atoms with Crippen molar-refractivity contribution in [2.75, 3.05) is 11.9 Å². The molecule has 0 spiro atoms. The lowest BCUT2D eigenvalue weighted by Gasteiger charge is -2.12. The van der Waals surface area contributed by atoms with Crippen LogP contribution in [0.3, 0.4) is 0 Å². The minimum Gasteiger partial charge on any atom is -0.338 e. The van der Waals surface area contributed by atoms with Crippen LogP contribution in [0.15, 0.2) is 63.3 Å². The largest absolute Gasteiger partial charge is 0.338 e. The maximum atomic E-state index is 13.7. The molecule has 8 heteroatoms. The van der Waals surface area contributed by atoms with Crippen molar-refractivity contribution in [2.24, 2.45) is 7.05 Å². The van der Waals surface area contributed by atoms with E-state index in [0.717, 1.165) is 24.9 Å². The Kier molecular flexibility index (Phi) is 5.53. The minimum absolute atomic E-state index is 0.0126. The van der Waals surface area contributed by atoms with E-state index in [0.29, 0.717) is 11.1 Å². The second kappa shape index (κ2) is 8.35. The number of hydrogen-bond donors (Lipinski definition) is 0. The van der Waals surface area contributed by atoms with Gasteiger partial charge >= 0.3 is 0 Å². The number of aromatic nitrogens is 2. The minimum atomic E-state index is -0.249. The van der Waals surface area contributed by atoms with Crippen LogP contribution < -0.4 is 24.2 Å². The number of halogens is 1. The highest BCUT2D eigenvalue weighted by Crippen LogP contribution is 2.44. The fourth-order valence-corrected chi connectivity index (χ4v) is 6.99. The molecule has 0 amide bonds. The molecule has 0 bridgehead atoms. The first kappa shape index (κ1) is 21.2. The van der Waals surface area contributed by atoms with Crippen LogP contribution in [-0.4, -0.2) is 11.6 Å². The van der Waals surface area contributed by atoms with E-state index in [2.05, 4.69) is 17.0 Å². The Labute approximate surface area is 196 Å². The number of thioether (sulfide) groups is 1. The van der Waals surface area contributed by atoms with Gasteiger partial charge in [-0.3, -0.25) is 9.36 Å². The molecule has 4 aromatic rings. The molecule has 0 aliphatic carbocycles. The Balaban J connectivity index is 1.59. The van der Waals surface area contributed by atoms with Crippen molar-refractivity contribution in [1.29, 1.82) is 0 Å². The molecule has 0 atom stereocenters. The summed E-state index contributed by atoms with van der Waals surface area (Å²) in [5.74, 6) is -0.249. The molecule has 2 aromatic heterocycles. The predicted octanol–water partition coefficient (Wildman–Crippen LogP) is 3.80. The number of aryl methyl sites for hydroxylation is 1. The Morgan fingerprint density at radius 1 is 1.12 bits per heavy atom. The molecule has 162 valence electrons. The lowest BCUT2D eigenvalue weighted by atomic mass is 10.3. The van der Waals surface area contributed by atoms with E-state index in [4.69, 9.17) is 0 Å². The average molecular weight is 483 g/mol. The lowest BCUT2D eigenvalue weighted by molar-refractivity contribution is -0.642. The number of fused-ring (bicyclic) bond motifs is 2. The molecular weight excluding hydrogens is 461 g/mol. The third-order valence-electron chi connectivity index (χ3n) is 5.48. The number of thiazole rings is 2. The number of hydrogen-bond acceptors (Lipinski definition) is 5. The van der Waals surface area contributed by atoms with Crippen LogP contribution in [-0.2, 0) is 13.6 Å². The molecule has 0 saturated carbocycles. The van der Waals surface area contributed by atoms with Crippen molar-refractivity contribution in [2.45, 2.75) is 18.4 Å². The lowest BCUT2D eigenvalue weighted by Crippen LogP contribution is -2.32. The van der Waals surface area contributed by atoms with Gasteiger partial charge in [-0.1, -0.05) is 35.2 Å². The van der Waals surface area contributed by atoms with E-state index in [-0.39, 0.29) is 11.4 Å². The maximum Gasteiger partial charge on any atom is 0.269 e. The third kappa shape index (κ3) is 3.62. The first-order valence-corrected chi connectivity index (χ1v) is 12.6. The molecule has 32 heavy (non-hydrogen) atoms. The number of anilines is 1. The topological polar surface area (TPSA) is 29.1 Å². The van der Waals surface area contributed by atoms with Gasteiger partial charge in [0.05, 0.1) is 21.3 Å². The summed E-state index contributed by atoms with van der Waals surface area (Å²) in [4.78, 5) is 16.4. The molecule has 0 saturated heterocycles. The third-order valence-corrected chi connectivity index (χ3v) is 8.90. The molecule has 0 fully saturated rings. The predicted molar refractivity (Wildman–Crippen MR) is 133 cm³/mol. The Morgan fingerprint density at radius 3 is 2.72 bits per heavy atom. The summed E-state index contributed by atoms with van der Waals surface area (Å²) in [6.07, 6.45) is 5.96. The molecule has 3 heterocycles. The smallest absolute Gasteiger partial charge is 0.269 e. The average Bonchev–Trinajstić information content (AvgIpc) is 3.39. The number of para-hydroxylation sites is 1. The zero-order chi connectivity index (χ0) is 22.4. The van der Waals surface area contributed by atoms with Crippen molar-refractivity contribution in [3.8, 4) is 0 Å².